The molecule has 0 aliphatic rings. The van der Waals surface area contributed by atoms with Crippen molar-refractivity contribution in [1.82, 2.24) is 5.32 Å². The monoisotopic (exact) mass is 506 g/mol. The number of hydrogen-bond acceptors (Lipinski definition) is 5. The molecular formula is C23H24F6N2O4. The Morgan fingerprint density at radius 2 is 1.57 bits per heavy atom. The minimum Gasteiger partial charge on any atom is -0.465 e. The van der Waals surface area contributed by atoms with E-state index in [2.05, 4.69) is 15.4 Å². The quantitative estimate of drug-likeness (QED) is 0.269. The van der Waals surface area contributed by atoms with E-state index in [-0.39, 0.29) is 30.6 Å². The van der Waals surface area contributed by atoms with E-state index in [1.807, 2.05) is 0 Å². The average molecular weight is 506 g/mol. The van der Waals surface area contributed by atoms with Gasteiger partial charge in [-0.25, -0.2) is 22.8 Å². The van der Waals surface area contributed by atoms with Crippen molar-refractivity contribution in [3.8, 4) is 0 Å². The number of esters is 1. The molecule has 35 heavy (non-hydrogen) atoms. The number of halogens is 6. The van der Waals surface area contributed by atoms with Gasteiger partial charge in [0.15, 0.2) is 17.5 Å². The van der Waals surface area contributed by atoms with Crippen molar-refractivity contribution in [3.63, 3.8) is 0 Å². The van der Waals surface area contributed by atoms with E-state index in [0.29, 0.717) is 6.07 Å². The molecule has 0 aromatic heterocycles. The third kappa shape index (κ3) is 7.27. The van der Waals surface area contributed by atoms with Crippen molar-refractivity contribution in [2.45, 2.75) is 45.4 Å². The highest BCUT2D eigenvalue weighted by molar-refractivity contribution is 5.97. The predicted octanol–water partition coefficient (Wildman–Crippen LogP) is 6.11. The number of alkyl carbamates (subject to hydrolysis) is 1. The zero-order valence-corrected chi connectivity index (χ0v) is 19.3. The van der Waals surface area contributed by atoms with Gasteiger partial charge in [-0.05, 0) is 57.9 Å². The fraction of sp³-hybridized carbons (Fsp3) is 0.391. The standard InChI is InChI=1S/C23H24F6N2O4/c1-22(2,3)35-21(33)30-11-5-6-12-15(10-8-14(24)18(12)25)31-16-9-7-13(23(27,28)29)19(26)17(16)20(32)34-4/h7-10,31H,5-6,11H2,1-4H3,(H,30,33). The van der Waals surface area contributed by atoms with Crippen LogP contribution in [0.5, 0.6) is 0 Å². The van der Waals surface area contributed by atoms with Crippen LogP contribution in [-0.2, 0) is 22.1 Å². The fourth-order valence-corrected chi connectivity index (χ4v) is 3.07. The average Bonchev–Trinajstić information content (AvgIpc) is 2.73. The maximum atomic E-state index is 14.6. The van der Waals surface area contributed by atoms with Crippen molar-refractivity contribution in [1.29, 1.82) is 0 Å². The Morgan fingerprint density at radius 3 is 2.14 bits per heavy atom. The lowest BCUT2D eigenvalue weighted by Gasteiger charge is -2.20. The summed E-state index contributed by atoms with van der Waals surface area (Å²) in [5, 5.41) is 4.95. The molecular weight excluding hydrogens is 482 g/mol. The van der Waals surface area contributed by atoms with Crippen LogP contribution in [0, 0.1) is 17.5 Å². The molecule has 0 aliphatic carbocycles. The molecule has 2 N–H and O–H groups in total. The molecule has 2 aromatic rings. The van der Waals surface area contributed by atoms with Gasteiger partial charge >= 0.3 is 18.2 Å². The van der Waals surface area contributed by atoms with Gasteiger partial charge in [-0.2, -0.15) is 13.2 Å². The van der Waals surface area contributed by atoms with Crippen molar-refractivity contribution in [3.05, 3.63) is 58.4 Å². The summed E-state index contributed by atoms with van der Waals surface area (Å²) < 4.78 is 91.8. The number of methoxy groups -OCH3 is 1. The van der Waals surface area contributed by atoms with Gasteiger partial charge in [0, 0.05) is 17.8 Å². The van der Waals surface area contributed by atoms with Crippen LogP contribution in [0.1, 0.15) is 48.7 Å². The molecule has 0 bridgehead atoms. The summed E-state index contributed by atoms with van der Waals surface area (Å²) in [7, 11) is 0.854. The molecule has 0 unspecified atom stereocenters. The van der Waals surface area contributed by atoms with E-state index in [1.54, 1.807) is 20.8 Å². The van der Waals surface area contributed by atoms with E-state index >= 15 is 0 Å². The molecule has 6 nitrogen and oxygen atoms in total. The first-order valence-electron chi connectivity index (χ1n) is 10.3. The highest BCUT2D eigenvalue weighted by Gasteiger charge is 2.37. The van der Waals surface area contributed by atoms with Crippen LogP contribution in [0.4, 0.5) is 42.5 Å². The number of hydrogen-bond donors (Lipinski definition) is 2. The third-order valence-corrected chi connectivity index (χ3v) is 4.57. The first-order valence-corrected chi connectivity index (χ1v) is 10.3. The largest absolute Gasteiger partial charge is 0.465 e. The van der Waals surface area contributed by atoms with E-state index in [9.17, 15) is 35.9 Å². The summed E-state index contributed by atoms with van der Waals surface area (Å²) in [5.74, 6) is -5.72. The lowest BCUT2D eigenvalue weighted by Crippen LogP contribution is -2.33. The van der Waals surface area contributed by atoms with Gasteiger partial charge in [-0.1, -0.05) is 0 Å². The molecule has 0 saturated carbocycles. The van der Waals surface area contributed by atoms with Crippen molar-refractivity contribution < 1.29 is 45.4 Å². The molecule has 0 spiro atoms. The Bertz CT molecular complexity index is 1100. The zero-order valence-electron chi connectivity index (χ0n) is 19.3. The SMILES string of the molecule is COC(=O)c1c(Nc2ccc(F)c(F)c2CCCNC(=O)OC(C)(C)C)ccc(C(F)(F)F)c1F. The molecule has 1 amide bonds. The van der Waals surface area contributed by atoms with Crippen LogP contribution in [-0.4, -0.2) is 31.3 Å². The van der Waals surface area contributed by atoms with Gasteiger partial charge < -0.3 is 20.1 Å². The normalized spacial score (nSPS) is 11.7. The van der Waals surface area contributed by atoms with Gasteiger partial charge in [0.1, 0.15) is 11.2 Å². The number of benzene rings is 2. The number of rotatable bonds is 7. The topological polar surface area (TPSA) is 76.7 Å². The van der Waals surface area contributed by atoms with E-state index < -0.39 is 58.1 Å². The number of carbonyl (C=O) groups is 2. The molecule has 192 valence electrons. The van der Waals surface area contributed by atoms with Gasteiger partial charge in [0.2, 0.25) is 0 Å². The lowest BCUT2D eigenvalue weighted by atomic mass is 10.0. The first kappa shape index (κ1) is 27.8. The number of alkyl halides is 3. The van der Waals surface area contributed by atoms with Crippen molar-refractivity contribution >= 4 is 23.4 Å². The van der Waals surface area contributed by atoms with Gasteiger partial charge in [-0.15, -0.1) is 0 Å². The van der Waals surface area contributed by atoms with Crippen LogP contribution in [0.25, 0.3) is 0 Å². The minimum absolute atomic E-state index is 0.0344. The minimum atomic E-state index is -5.08. The van der Waals surface area contributed by atoms with Gasteiger partial charge in [-0.3, -0.25) is 0 Å². The Kier molecular flexibility index (Phi) is 8.64. The fourth-order valence-electron chi connectivity index (χ4n) is 3.07. The summed E-state index contributed by atoms with van der Waals surface area (Å²) in [6.45, 7) is 5.03. The zero-order chi connectivity index (χ0) is 26.6. The van der Waals surface area contributed by atoms with Crippen molar-refractivity contribution in [2.24, 2.45) is 0 Å². The molecule has 0 atom stereocenters. The molecule has 0 heterocycles. The predicted molar refractivity (Wildman–Crippen MR) is 115 cm³/mol. The van der Waals surface area contributed by atoms with Crippen LogP contribution in [0.3, 0.4) is 0 Å². The molecule has 0 saturated heterocycles. The molecule has 12 heteroatoms. The van der Waals surface area contributed by atoms with E-state index in [1.165, 1.54) is 0 Å². The first-order chi connectivity index (χ1) is 16.2. The molecule has 0 fully saturated rings. The summed E-state index contributed by atoms with van der Waals surface area (Å²) in [6.07, 6.45) is -5.80. The lowest BCUT2D eigenvalue weighted by molar-refractivity contribution is -0.140. The van der Waals surface area contributed by atoms with E-state index in [0.717, 1.165) is 25.3 Å². The number of anilines is 2. The van der Waals surface area contributed by atoms with Crippen molar-refractivity contribution in [2.75, 3.05) is 19.0 Å². The van der Waals surface area contributed by atoms with Gasteiger partial charge in [0.05, 0.1) is 18.4 Å². The number of carbonyl (C=O) groups excluding carboxylic acids is 2. The maximum Gasteiger partial charge on any atom is 0.419 e. The van der Waals surface area contributed by atoms with Crippen LogP contribution in [0.2, 0.25) is 0 Å². The van der Waals surface area contributed by atoms with Crippen LogP contribution in [0.15, 0.2) is 24.3 Å². The maximum absolute atomic E-state index is 14.6. The molecule has 0 radical (unpaired) electrons. The summed E-state index contributed by atoms with van der Waals surface area (Å²) in [6, 6.07) is 3.05. The number of amides is 1. The number of nitrogens with one attached hydrogen (secondary N) is 2. The summed E-state index contributed by atoms with van der Waals surface area (Å²) in [4.78, 5) is 23.8. The Morgan fingerprint density at radius 1 is 0.943 bits per heavy atom. The summed E-state index contributed by atoms with van der Waals surface area (Å²) in [5.41, 5.74) is -4.27. The second kappa shape index (κ2) is 10.9. The third-order valence-electron chi connectivity index (χ3n) is 4.57. The number of ether oxygens (including phenoxy) is 2. The Hall–Kier alpha value is -3.44. The van der Waals surface area contributed by atoms with Crippen LogP contribution >= 0.6 is 0 Å². The van der Waals surface area contributed by atoms with E-state index in [4.69, 9.17) is 4.74 Å². The smallest absolute Gasteiger partial charge is 0.419 e. The second-order valence-electron chi connectivity index (χ2n) is 8.38. The Labute approximate surface area is 197 Å². The highest BCUT2D eigenvalue weighted by atomic mass is 19.4. The molecule has 2 rings (SSSR count). The van der Waals surface area contributed by atoms with Gasteiger partial charge in [0.25, 0.3) is 0 Å². The highest BCUT2D eigenvalue weighted by Crippen LogP contribution is 2.37. The van der Waals surface area contributed by atoms with Crippen LogP contribution < -0.4 is 10.6 Å². The molecule has 0 aliphatic heterocycles. The Balaban J connectivity index is 2.33. The molecule has 2 aromatic carbocycles. The second-order valence-corrected chi connectivity index (χ2v) is 8.38. The summed E-state index contributed by atoms with van der Waals surface area (Å²) >= 11 is 0.